The number of halogens is 1. The maximum Gasteiger partial charge on any atom is 0.163 e. The number of ketones is 1. The third-order valence-electron chi connectivity index (χ3n) is 2.24. The molecule has 0 unspecified atom stereocenters. The number of benzene rings is 1. The number of hydrogen-bond acceptors (Lipinski definition) is 3. The Balaban J connectivity index is 2.88. The number of thioether (sulfide) groups is 1. The highest BCUT2D eigenvalue weighted by atomic mass is 35.5. The van der Waals surface area contributed by atoms with Crippen LogP contribution in [-0.2, 0) is 5.75 Å². The predicted molar refractivity (Wildman–Crippen MR) is 74.1 cm³/mol. The molecule has 2 nitrogen and oxygen atoms in total. The van der Waals surface area contributed by atoms with E-state index in [0.717, 1.165) is 11.3 Å². The minimum absolute atomic E-state index is 0.0677. The molecule has 0 aromatic heterocycles. The molecule has 0 amide bonds. The van der Waals surface area contributed by atoms with Crippen LogP contribution in [0.4, 0.5) is 0 Å². The number of rotatable bonds is 5. The lowest BCUT2D eigenvalue weighted by molar-refractivity contribution is 0.101. The molecule has 1 aromatic carbocycles. The standard InChI is InChI=1S/C13H17ClO2S/c1-8(2)6-17-7-10-4-11(14)5-12(9(3)15)13(10)16/h4-5,8,16H,6-7H2,1-3H3. The van der Waals surface area contributed by atoms with E-state index in [0.29, 0.717) is 22.3 Å². The van der Waals surface area contributed by atoms with Crippen LogP contribution in [0.1, 0.15) is 36.7 Å². The SMILES string of the molecule is CC(=O)c1cc(Cl)cc(CSCC(C)C)c1O. The maximum absolute atomic E-state index is 11.3. The Morgan fingerprint density at radius 1 is 1.47 bits per heavy atom. The molecular weight excluding hydrogens is 256 g/mol. The van der Waals surface area contributed by atoms with Gasteiger partial charge in [0.25, 0.3) is 0 Å². The first-order valence-electron chi connectivity index (χ1n) is 5.52. The van der Waals surface area contributed by atoms with Gasteiger partial charge in [0.2, 0.25) is 0 Å². The van der Waals surface area contributed by atoms with Crippen LogP contribution in [0.5, 0.6) is 5.75 Å². The molecule has 0 saturated heterocycles. The lowest BCUT2D eigenvalue weighted by atomic mass is 10.1. The monoisotopic (exact) mass is 272 g/mol. The molecule has 0 atom stereocenters. The van der Waals surface area contributed by atoms with Gasteiger partial charge >= 0.3 is 0 Å². The van der Waals surface area contributed by atoms with Gasteiger partial charge in [0.05, 0.1) is 5.56 Å². The molecule has 0 spiro atoms. The number of hydrogen-bond donors (Lipinski definition) is 1. The van der Waals surface area contributed by atoms with Gasteiger partial charge in [-0.15, -0.1) is 0 Å². The van der Waals surface area contributed by atoms with Crippen LogP contribution < -0.4 is 0 Å². The van der Waals surface area contributed by atoms with E-state index in [1.165, 1.54) is 13.0 Å². The average Bonchev–Trinajstić information content (AvgIpc) is 2.21. The summed E-state index contributed by atoms with van der Waals surface area (Å²) in [5, 5.41) is 10.4. The lowest BCUT2D eigenvalue weighted by Crippen LogP contribution is -1.97. The summed E-state index contributed by atoms with van der Waals surface area (Å²) >= 11 is 7.66. The molecule has 94 valence electrons. The van der Waals surface area contributed by atoms with E-state index in [1.807, 2.05) is 0 Å². The second-order valence-corrected chi connectivity index (χ2v) is 5.89. The van der Waals surface area contributed by atoms with Crippen LogP contribution >= 0.6 is 23.4 Å². The fraction of sp³-hybridized carbons (Fsp3) is 0.462. The Hall–Kier alpha value is -0.670. The first-order valence-corrected chi connectivity index (χ1v) is 7.05. The Kier molecular flexibility index (Phi) is 5.34. The second kappa shape index (κ2) is 6.31. The molecule has 4 heteroatoms. The molecule has 0 aliphatic carbocycles. The number of phenols is 1. The summed E-state index contributed by atoms with van der Waals surface area (Å²) < 4.78 is 0. The topological polar surface area (TPSA) is 37.3 Å². The van der Waals surface area contributed by atoms with Crippen LogP contribution in [-0.4, -0.2) is 16.6 Å². The second-order valence-electron chi connectivity index (χ2n) is 4.43. The molecule has 0 aliphatic heterocycles. The van der Waals surface area contributed by atoms with E-state index < -0.39 is 0 Å². The van der Waals surface area contributed by atoms with Crippen molar-refractivity contribution in [3.8, 4) is 5.75 Å². The smallest absolute Gasteiger partial charge is 0.163 e. The normalized spacial score (nSPS) is 10.9. The van der Waals surface area contributed by atoms with Crippen LogP contribution in [0.3, 0.4) is 0 Å². The summed E-state index contributed by atoms with van der Waals surface area (Å²) in [4.78, 5) is 11.3. The van der Waals surface area contributed by atoms with Crippen molar-refractivity contribution >= 4 is 29.1 Å². The average molecular weight is 273 g/mol. The molecule has 0 aliphatic rings. The Bertz CT molecular complexity index is 416. The number of carbonyl (C=O) groups is 1. The van der Waals surface area contributed by atoms with Crippen LogP contribution in [0.15, 0.2) is 12.1 Å². The maximum atomic E-state index is 11.3. The summed E-state index contributed by atoms with van der Waals surface area (Å²) in [6.07, 6.45) is 0. The molecule has 1 N–H and O–H groups in total. The predicted octanol–water partition coefficient (Wildman–Crippen LogP) is 4.14. The summed E-state index contributed by atoms with van der Waals surface area (Å²) in [6, 6.07) is 3.23. The van der Waals surface area contributed by atoms with E-state index in [1.54, 1.807) is 17.8 Å². The van der Waals surface area contributed by atoms with E-state index in [-0.39, 0.29) is 11.5 Å². The summed E-state index contributed by atoms with van der Waals surface area (Å²) in [6.45, 7) is 5.72. The first-order chi connectivity index (χ1) is 7.91. The van der Waals surface area contributed by atoms with Crippen molar-refractivity contribution in [2.75, 3.05) is 5.75 Å². The zero-order valence-electron chi connectivity index (χ0n) is 10.3. The molecule has 1 aromatic rings. The number of phenolic OH excluding ortho intramolecular Hbond substituents is 1. The summed E-state index contributed by atoms with van der Waals surface area (Å²) in [5.74, 6) is 2.19. The van der Waals surface area contributed by atoms with Crippen molar-refractivity contribution in [3.05, 3.63) is 28.3 Å². The zero-order chi connectivity index (χ0) is 13.0. The highest BCUT2D eigenvalue weighted by molar-refractivity contribution is 7.98. The first kappa shape index (κ1) is 14.4. The van der Waals surface area contributed by atoms with E-state index >= 15 is 0 Å². The highest BCUT2D eigenvalue weighted by Crippen LogP contribution is 2.30. The van der Waals surface area contributed by atoms with Gasteiger partial charge in [-0.3, -0.25) is 4.79 Å². The Labute approximate surface area is 111 Å². The molecule has 0 radical (unpaired) electrons. The Morgan fingerprint density at radius 3 is 2.65 bits per heavy atom. The highest BCUT2D eigenvalue weighted by Gasteiger charge is 2.13. The molecule has 17 heavy (non-hydrogen) atoms. The molecule has 1 rings (SSSR count). The van der Waals surface area contributed by atoms with Crippen LogP contribution in [0.2, 0.25) is 5.02 Å². The van der Waals surface area contributed by atoms with Crippen molar-refractivity contribution in [3.63, 3.8) is 0 Å². The van der Waals surface area contributed by atoms with E-state index in [2.05, 4.69) is 13.8 Å². The van der Waals surface area contributed by atoms with Gasteiger partial charge in [0.15, 0.2) is 5.78 Å². The number of aromatic hydroxyl groups is 1. The van der Waals surface area contributed by atoms with Gasteiger partial charge < -0.3 is 5.11 Å². The van der Waals surface area contributed by atoms with Gasteiger partial charge in [-0.25, -0.2) is 0 Å². The van der Waals surface area contributed by atoms with Gasteiger partial charge in [0.1, 0.15) is 5.75 Å². The molecule has 0 bridgehead atoms. The van der Waals surface area contributed by atoms with Crippen molar-refractivity contribution in [1.29, 1.82) is 0 Å². The Morgan fingerprint density at radius 2 is 2.12 bits per heavy atom. The van der Waals surface area contributed by atoms with Crippen molar-refractivity contribution in [2.24, 2.45) is 5.92 Å². The van der Waals surface area contributed by atoms with Crippen molar-refractivity contribution in [1.82, 2.24) is 0 Å². The quantitative estimate of drug-likeness (QED) is 0.819. The lowest BCUT2D eigenvalue weighted by Gasteiger charge is -2.10. The van der Waals surface area contributed by atoms with Gasteiger partial charge in [-0.2, -0.15) is 11.8 Å². The molecule has 0 fully saturated rings. The minimum Gasteiger partial charge on any atom is -0.507 e. The van der Waals surface area contributed by atoms with Crippen molar-refractivity contribution < 1.29 is 9.90 Å². The molecular formula is C13H17ClO2S. The summed E-state index contributed by atoms with van der Waals surface area (Å²) in [5.41, 5.74) is 1.03. The number of Topliss-reactive ketones (excluding diaryl/α,β-unsaturated/α-hetero) is 1. The third kappa shape index (κ3) is 4.25. The van der Waals surface area contributed by atoms with Crippen molar-refractivity contribution in [2.45, 2.75) is 26.5 Å². The van der Waals surface area contributed by atoms with Gasteiger partial charge in [-0.05, 0) is 30.7 Å². The van der Waals surface area contributed by atoms with Gasteiger partial charge in [0, 0.05) is 16.3 Å². The van der Waals surface area contributed by atoms with Crippen LogP contribution in [0, 0.1) is 5.92 Å². The van der Waals surface area contributed by atoms with E-state index in [4.69, 9.17) is 11.6 Å². The van der Waals surface area contributed by atoms with Gasteiger partial charge in [-0.1, -0.05) is 25.4 Å². The molecule has 0 heterocycles. The fourth-order valence-corrected chi connectivity index (χ4v) is 2.71. The zero-order valence-corrected chi connectivity index (χ0v) is 11.9. The fourth-order valence-electron chi connectivity index (χ4n) is 1.44. The largest absolute Gasteiger partial charge is 0.507 e. The van der Waals surface area contributed by atoms with E-state index in [9.17, 15) is 9.90 Å². The number of carbonyl (C=O) groups excluding carboxylic acids is 1. The van der Waals surface area contributed by atoms with Crippen LogP contribution in [0.25, 0.3) is 0 Å². The third-order valence-corrected chi connectivity index (χ3v) is 3.88. The summed E-state index contributed by atoms with van der Waals surface area (Å²) in [7, 11) is 0. The minimum atomic E-state index is -0.167. The molecule has 0 saturated carbocycles.